The van der Waals surface area contributed by atoms with E-state index in [9.17, 15) is 18.8 Å². The first-order valence-electron chi connectivity index (χ1n) is 7.91. The zero-order chi connectivity index (χ0) is 18.0. The molecular weight excluding hydrogens is 313 g/mol. The Labute approximate surface area is 139 Å². The Bertz CT molecular complexity index is 836. The molecule has 7 heteroatoms. The molecule has 1 atom stereocenters. The summed E-state index contributed by atoms with van der Waals surface area (Å²) in [7, 11) is 1.62. The van der Waals surface area contributed by atoms with Crippen LogP contribution in [0.5, 0.6) is 0 Å². The average molecular weight is 335 g/mol. The summed E-state index contributed by atoms with van der Waals surface area (Å²) in [6, 6.07) is 2.71. The standard InChI is InChI=1S/C17H22FN3O3/c1-10(2)15-12(18)6-7-13-16(15)20(4)17(24)21(13)11(3)5-8-14(23)19-9-22/h6-7,9-11H,5,8H2,1-4H3,(H,19,22,23). The van der Waals surface area contributed by atoms with Crippen LogP contribution in [0.4, 0.5) is 4.39 Å². The maximum atomic E-state index is 14.2. The van der Waals surface area contributed by atoms with E-state index in [1.807, 2.05) is 20.8 Å². The third-order valence-corrected chi connectivity index (χ3v) is 4.26. The van der Waals surface area contributed by atoms with E-state index in [1.165, 1.54) is 10.6 Å². The minimum absolute atomic E-state index is 0.0659. The van der Waals surface area contributed by atoms with Gasteiger partial charge in [0, 0.05) is 25.1 Å². The van der Waals surface area contributed by atoms with Crippen molar-refractivity contribution in [3.05, 3.63) is 34.0 Å². The molecule has 0 aliphatic rings. The normalized spacial score (nSPS) is 12.6. The number of amides is 2. The van der Waals surface area contributed by atoms with Gasteiger partial charge in [-0.2, -0.15) is 0 Å². The first-order valence-corrected chi connectivity index (χ1v) is 7.91. The zero-order valence-corrected chi connectivity index (χ0v) is 14.3. The SMILES string of the molecule is CC(C)c1c(F)ccc2c1n(C)c(=O)n2C(C)CCC(=O)NC=O. The molecular formula is C17H22FN3O3. The molecule has 24 heavy (non-hydrogen) atoms. The lowest BCUT2D eigenvalue weighted by molar-refractivity contribution is -0.125. The third-order valence-electron chi connectivity index (χ3n) is 4.26. The predicted octanol–water partition coefficient (Wildman–Crippen LogP) is 2.22. The number of benzene rings is 1. The molecule has 6 nitrogen and oxygen atoms in total. The van der Waals surface area contributed by atoms with E-state index in [0.29, 0.717) is 29.4 Å². The minimum Gasteiger partial charge on any atom is -0.299 e. The molecule has 1 unspecified atom stereocenters. The van der Waals surface area contributed by atoms with Crippen LogP contribution in [0.1, 0.15) is 51.1 Å². The predicted molar refractivity (Wildman–Crippen MR) is 89.4 cm³/mol. The molecule has 130 valence electrons. The second-order valence-corrected chi connectivity index (χ2v) is 6.27. The molecule has 1 N–H and O–H groups in total. The Morgan fingerprint density at radius 2 is 2.00 bits per heavy atom. The molecule has 1 heterocycles. The highest BCUT2D eigenvalue weighted by atomic mass is 19.1. The number of nitrogens with one attached hydrogen (secondary N) is 1. The number of hydrogen-bond donors (Lipinski definition) is 1. The highest BCUT2D eigenvalue weighted by molar-refractivity contribution is 5.85. The Morgan fingerprint density at radius 3 is 2.58 bits per heavy atom. The summed E-state index contributed by atoms with van der Waals surface area (Å²) in [6.45, 7) is 5.59. The van der Waals surface area contributed by atoms with Crippen LogP contribution in [0.3, 0.4) is 0 Å². The Morgan fingerprint density at radius 1 is 1.33 bits per heavy atom. The Hall–Kier alpha value is -2.44. The summed E-state index contributed by atoms with van der Waals surface area (Å²) < 4.78 is 17.3. The molecule has 0 spiro atoms. The average Bonchev–Trinajstić information content (AvgIpc) is 2.77. The number of aromatic nitrogens is 2. The highest BCUT2D eigenvalue weighted by Crippen LogP contribution is 2.29. The molecule has 2 amide bonds. The van der Waals surface area contributed by atoms with E-state index in [1.54, 1.807) is 17.7 Å². The van der Waals surface area contributed by atoms with Gasteiger partial charge in [0.05, 0.1) is 11.0 Å². The van der Waals surface area contributed by atoms with Gasteiger partial charge in [0.2, 0.25) is 12.3 Å². The second-order valence-electron chi connectivity index (χ2n) is 6.27. The van der Waals surface area contributed by atoms with Crippen molar-refractivity contribution >= 4 is 23.4 Å². The number of halogens is 1. The summed E-state index contributed by atoms with van der Waals surface area (Å²) >= 11 is 0. The molecule has 2 rings (SSSR count). The monoisotopic (exact) mass is 335 g/mol. The molecule has 0 aliphatic heterocycles. The number of aryl methyl sites for hydroxylation is 1. The molecule has 0 saturated heterocycles. The number of imidazole rings is 1. The van der Waals surface area contributed by atoms with E-state index in [0.717, 1.165) is 0 Å². The molecule has 0 radical (unpaired) electrons. The van der Waals surface area contributed by atoms with Gasteiger partial charge in [-0.15, -0.1) is 0 Å². The number of fused-ring (bicyclic) bond motifs is 1. The Balaban J connectivity index is 2.50. The van der Waals surface area contributed by atoms with Gasteiger partial charge < -0.3 is 0 Å². The first-order chi connectivity index (χ1) is 11.3. The van der Waals surface area contributed by atoms with Crippen molar-refractivity contribution in [1.82, 2.24) is 14.5 Å². The van der Waals surface area contributed by atoms with Crippen LogP contribution in [0.2, 0.25) is 0 Å². The molecule has 0 fully saturated rings. The fourth-order valence-corrected chi connectivity index (χ4v) is 3.06. The van der Waals surface area contributed by atoms with E-state index in [4.69, 9.17) is 0 Å². The lowest BCUT2D eigenvalue weighted by Gasteiger charge is -2.14. The van der Waals surface area contributed by atoms with Crippen LogP contribution in [-0.2, 0) is 16.6 Å². The van der Waals surface area contributed by atoms with Crippen LogP contribution >= 0.6 is 0 Å². The lowest BCUT2D eigenvalue weighted by atomic mass is 10.0. The van der Waals surface area contributed by atoms with Gasteiger partial charge in [0.1, 0.15) is 5.82 Å². The van der Waals surface area contributed by atoms with Crippen molar-refractivity contribution in [2.45, 2.75) is 45.6 Å². The fraction of sp³-hybridized carbons (Fsp3) is 0.471. The Kier molecular flexibility index (Phi) is 5.21. The van der Waals surface area contributed by atoms with Crippen LogP contribution in [0.25, 0.3) is 11.0 Å². The van der Waals surface area contributed by atoms with Crippen LogP contribution in [0, 0.1) is 5.82 Å². The van der Waals surface area contributed by atoms with E-state index in [2.05, 4.69) is 5.32 Å². The number of rotatable bonds is 6. The maximum Gasteiger partial charge on any atom is 0.329 e. The minimum atomic E-state index is -0.390. The molecule has 0 aliphatic carbocycles. The highest BCUT2D eigenvalue weighted by Gasteiger charge is 2.22. The molecule has 1 aromatic carbocycles. The van der Waals surface area contributed by atoms with Crippen LogP contribution < -0.4 is 11.0 Å². The van der Waals surface area contributed by atoms with Crippen molar-refractivity contribution in [2.24, 2.45) is 7.05 Å². The van der Waals surface area contributed by atoms with Gasteiger partial charge in [0.15, 0.2) is 0 Å². The van der Waals surface area contributed by atoms with Gasteiger partial charge in [-0.05, 0) is 31.4 Å². The molecule has 0 bridgehead atoms. The molecule has 2 aromatic rings. The smallest absolute Gasteiger partial charge is 0.299 e. The largest absolute Gasteiger partial charge is 0.329 e. The third kappa shape index (κ3) is 3.11. The van der Waals surface area contributed by atoms with Gasteiger partial charge >= 0.3 is 5.69 Å². The van der Waals surface area contributed by atoms with Crippen molar-refractivity contribution in [1.29, 1.82) is 0 Å². The van der Waals surface area contributed by atoms with E-state index >= 15 is 0 Å². The van der Waals surface area contributed by atoms with Crippen molar-refractivity contribution < 1.29 is 14.0 Å². The number of imide groups is 1. The summed E-state index contributed by atoms with van der Waals surface area (Å²) in [5, 5.41) is 2.08. The zero-order valence-electron chi connectivity index (χ0n) is 14.3. The fourth-order valence-electron chi connectivity index (χ4n) is 3.06. The maximum absolute atomic E-state index is 14.2. The second kappa shape index (κ2) is 6.98. The first kappa shape index (κ1) is 17.9. The van der Waals surface area contributed by atoms with Crippen LogP contribution in [-0.4, -0.2) is 21.5 Å². The summed E-state index contributed by atoms with van der Waals surface area (Å²) in [5.41, 5.74) is 1.49. The van der Waals surface area contributed by atoms with Crippen LogP contribution in [0.15, 0.2) is 16.9 Å². The summed E-state index contributed by atoms with van der Waals surface area (Å²) in [4.78, 5) is 34.3. The number of nitrogens with zero attached hydrogens (tertiary/aromatic N) is 2. The number of hydrogen-bond acceptors (Lipinski definition) is 3. The van der Waals surface area contributed by atoms with Gasteiger partial charge in [-0.1, -0.05) is 13.8 Å². The van der Waals surface area contributed by atoms with Gasteiger partial charge in [-0.25, -0.2) is 9.18 Å². The number of carbonyl (C=O) groups excluding carboxylic acids is 2. The van der Waals surface area contributed by atoms with Crippen molar-refractivity contribution in [2.75, 3.05) is 0 Å². The summed E-state index contributed by atoms with van der Waals surface area (Å²) in [5.74, 6) is -0.786. The lowest BCUT2D eigenvalue weighted by Crippen LogP contribution is -2.27. The van der Waals surface area contributed by atoms with Gasteiger partial charge in [-0.3, -0.25) is 24.0 Å². The molecule has 1 aromatic heterocycles. The number of carbonyl (C=O) groups is 2. The quantitative estimate of drug-likeness (QED) is 0.823. The van der Waals surface area contributed by atoms with Crippen molar-refractivity contribution in [3.8, 4) is 0 Å². The molecule has 0 saturated carbocycles. The van der Waals surface area contributed by atoms with E-state index < -0.39 is 0 Å². The van der Waals surface area contributed by atoms with E-state index in [-0.39, 0.29) is 35.8 Å². The van der Waals surface area contributed by atoms with Crippen molar-refractivity contribution in [3.63, 3.8) is 0 Å². The topological polar surface area (TPSA) is 73.1 Å². The summed E-state index contributed by atoms with van der Waals surface area (Å²) in [6.07, 6.45) is 0.864. The van der Waals surface area contributed by atoms with Gasteiger partial charge in [0.25, 0.3) is 0 Å².